The summed E-state index contributed by atoms with van der Waals surface area (Å²) in [6.07, 6.45) is 2.76. The van der Waals surface area contributed by atoms with E-state index in [0.29, 0.717) is 50.7 Å². The Kier molecular flexibility index (Phi) is 4.91. The first kappa shape index (κ1) is 17.7. The Labute approximate surface area is 157 Å². The molecule has 0 aliphatic carbocycles. The molecule has 27 heavy (non-hydrogen) atoms. The number of ether oxygens (including phenoxy) is 3. The second-order valence-corrected chi connectivity index (χ2v) is 6.54. The smallest absolute Gasteiger partial charge is 0.272 e. The van der Waals surface area contributed by atoms with E-state index in [2.05, 4.69) is 15.3 Å². The quantitative estimate of drug-likeness (QED) is 0.883. The first-order valence-corrected chi connectivity index (χ1v) is 8.98. The molecule has 2 aromatic rings. The minimum atomic E-state index is -0.496. The molecule has 0 unspecified atom stereocenters. The lowest BCUT2D eigenvalue weighted by Crippen LogP contribution is -2.47. The van der Waals surface area contributed by atoms with E-state index in [1.165, 1.54) is 6.33 Å². The van der Waals surface area contributed by atoms with E-state index in [-0.39, 0.29) is 5.91 Å². The maximum absolute atomic E-state index is 12.8. The first-order valence-electron chi connectivity index (χ1n) is 8.98. The molecule has 3 heterocycles. The van der Waals surface area contributed by atoms with Gasteiger partial charge in [-0.15, -0.1) is 0 Å². The molecule has 8 nitrogen and oxygen atoms in total. The van der Waals surface area contributed by atoms with Crippen LogP contribution < -0.4 is 10.1 Å². The molecule has 1 amide bonds. The van der Waals surface area contributed by atoms with Gasteiger partial charge in [-0.25, -0.2) is 9.97 Å². The SMILES string of the molecule is COc1ccc(Nc2cc(C(=O)N3CCC4(CC3)OCCO4)ncn2)cc1. The van der Waals surface area contributed by atoms with E-state index >= 15 is 0 Å². The molecule has 2 fully saturated rings. The van der Waals surface area contributed by atoms with E-state index in [9.17, 15) is 4.79 Å². The van der Waals surface area contributed by atoms with Crippen LogP contribution in [0.15, 0.2) is 36.7 Å². The Morgan fingerprint density at radius 3 is 2.52 bits per heavy atom. The van der Waals surface area contributed by atoms with Gasteiger partial charge in [0, 0.05) is 37.7 Å². The molecule has 0 bridgehead atoms. The fourth-order valence-electron chi connectivity index (χ4n) is 3.36. The molecule has 1 N–H and O–H groups in total. The van der Waals surface area contributed by atoms with Crippen LogP contribution in [0.25, 0.3) is 0 Å². The number of nitrogens with one attached hydrogen (secondary N) is 1. The summed E-state index contributed by atoms with van der Waals surface area (Å²) in [5, 5.41) is 3.18. The van der Waals surface area contributed by atoms with Crippen molar-refractivity contribution in [2.45, 2.75) is 18.6 Å². The second-order valence-electron chi connectivity index (χ2n) is 6.54. The number of piperidine rings is 1. The van der Waals surface area contributed by atoms with Gasteiger partial charge < -0.3 is 24.4 Å². The highest BCUT2D eigenvalue weighted by atomic mass is 16.7. The molecule has 0 atom stereocenters. The minimum absolute atomic E-state index is 0.108. The van der Waals surface area contributed by atoms with Crippen LogP contribution in [0.1, 0.15) is 23.3 Å². The maximum Gasteiger partial charge on any atom is 0.272 e. The monoisotopic (exact) mass is 370 g/mol. The summed E-state index contributed by atoms with van der Waals surface area (Å²) < 4.78 is 16.6. The Balaban J connectivity index is 1.41. The van der Waals surface area contributed by atoms with E-state index in [0.717, 1.165) is 11.4 Å². The third-order valence-electron chi connectivity index (χ3n) is 4.87. The average Bonchev–Trinajstić information content (AvgIpc) is 3.17. The number of carbonyl (C=O) groups excluding carboxylic acids is 1. The highest BCUT2D eigenvalue weighted by molar-refractivity contribution is 5.93. The van der Waals surface area contributed by atoms with Crippen molar-refractivity contribution in [2.75, 3.05) is 38.7 Å². The van der Waals surface area contributed by atoms with Crippen LogP contribution >= 0.6 is 0 Å². The number of methoxy groups -OCH3 is 1. The molecule has 0 radical (unpaired) electrons. The number of carbonyl (C=O) groups is 1. The standard InChI is InChI=1S/C19H22N4O4/c1-25-15-4-2-14(3-5-15)22-17-12-16(20-13-21-17)18(24)23-8-6-19(7-9-23)26-10-11-27-19/h2-5,12-13H,6-11H2,1H3,(H,20,21,22). The number of aromatic nitrogens is 2. The van der Waals surface area contributed by atoms with Crippen LogP contribution in [0.3, 0.4) is 0 Å². The average molecular weight is 370 g/mol. The predicted molar refractivity (Wildman–Crippen MR) is 98.1 cm³/mol. The van der Waals surface area contributed by atoms with Crippen molar-refractivity contribution < 1.29 is 19.0 Å². The summed E-state index contributed by atoms with van der Waals surface area (Å²) >= 11 is 0. The van der Waals surface area contributed by atoms with Crippen molar-refractivity contribution in [3.05, 3.63) is 42.4 Å². The van der Waals surface area contributed by atoms with Crippen molar-refractivity contribution >= 4 is 17.4 Å². The van der Waals surface area contributed by atoms with Gasteiger partial charge in [0.15, 0.2) is 5.79 Å². The zero-order valence-corrected chi connectivity index (χ0v) is 15.2. The zero-order valence-electron chi connectivity index (χ0n) is 15.2. The van der Waals surface area contributed by atoms with Crippen LogP contribution in [0, 0.1) is 0 Å². The van der Waals surface area contributed by atoms with E-state index in [1.807, 2.05) is 24.3 Å². The van der Waals surface area contributed by atoms with Gasteiger partial charge >= 0.3 is 0 Å². The summed E-state index contributed by atoms with van der Waals surface area (Å²) in [7, 11) is 1.62. The lowest BCUT2D eigenvalue weighted by atomic mass is 10.0. The summed E-state index contributed by atoms with van der Waals surface area (Å²) in [5.41, 5.74) is 1.22. The van der Waals surface area contributed by atoms with Gasteiger partial charge in [0.05, 0.1) is 20.3 Å². The fraction of sp³-hybridized carbons (Fsp3) is 0.421. The van der Waals surface area contributed by atoms with Gasteiger partial charge in [0.2, 0.25) is 0 Å². The van der Waals surface area contributed by atoms with Gasteiger partial charge in [-0.3, -0.25) is 4.79 Å². The fourth-order valence-corrected chi connectivity index (χ4v) is 3.36. The molecule has 1 spiro atoms. The van der Waals surface area contributed by atoms with E-state index < -0.39 is 5.79 Å². The van der Waals surface area contributed by atoms with Crippen molar-refractivity contribution in [1.29, 1.82) is 0 Å². The molecule has 2 saturated heterocycles. The Morgan fingerprint density at radius 2 is 1.85 bits per heavy atom. The molecule has 2 aliphatic rings. The van der Waals surface area contributed by atoms with Crippen molar-refractivity contribution in [3.8, 4) is 5.75 Å². The van der Waals surface area contributed by atoms with E-state index in [1.54, 1.807) is 18.1 Å². The number of amides is 1. The van der Waals surface area contributed by atoms with Crippen LogP contribution in [-0.2, 0) is 9.47 Å². The van der Waals surface area contributed by atoms with Crippen molar-refractivity contribution in [3.63, 3.8) is 0 Å². The maximum atomic E-state index is 12.8. The number of hydrogen-bond acceptors (Lipinski definition) is 7. The number of anilines is 2. The number of rotatable bonds is 4. The van der Waals surface area contributed by atoms with Crippen LogP contribution in [0.4, 0.5) is 11.5 Å². The molecular formula is C19H22N4O4. The van der Waals surface area contributed by atoms with Crippen molar-refractivity contribution in [2.24, 2.45) is 0 Å². The molecule has 142 valence electrons. The Morgan fingerprint density at radius 1 is 1.15 bits per heavy atom. The Bertz CT molecular complexity index is 796. The summed E-state index contributed by atoms with van der Waals surface area (Å²) in [5.74, 6) is 0.735. The van der Waals surface area contributed by atoms with Crippen LogP contribution in [0.5, 0.6) is 5.75 Å². The van der Waals surface area contributed by atoms with Gasteiger partial charge in [-0.05, 0) is 24.3 Å². The minimum Gasteiger partial charge on any atom is -0.497 e. The lowest BCUT2D eigenvalue weighted by molar-refractivity contribution is -0.181. The summed E-state index contributed by atoms with van der Waals surface area (Å²) in [6.45, 7) is 2.43. The van der Waals surface area contributed by atoms with Gasteiger partial charge in [0.25, 0.3) is 5.91 Å². The topological polar surface area (TPSA) is 85.8 Å². The highest BCUT2D eigenvalue weighted by Gasteiger charge is 2.41. The molecule has 2 aliphatic heterocycles. The first-order chi connectivity index (χ1) is 13.2. The molecule has 0 saturated carbocycles. The predicted octanol–water partition coefficient (Wildman–Crippen LogP) is 2.21. The van der Waals surface area contributed by atoms with Gasteiger partial charge in [0.1, 0.15) is 23.6 Å². The number of hydrogen-bond donors (Lipinski definition) is 1. The number of likely N-dealkylation sites (tertiary alicyclic amines) is 1. The molecular weight excluding hydrogens is 348 g/mol. The summed E-state index contributed by atoms with van der Waals surface area (Å²) in [4.78, 5) is 22.9. The highest BCUT2D eigenvalue weighted by Crippen LogP contribution is 2.31. The Hall–Kier alpha value is -2.71. The number of benzene rings is 1. The van der Waals surface area contributed by atoms with Gasteiger partial charge in [-0.1, -0.05) is 0 Å². The van der Waals surface area contributed by atoms with E-state index in [4.69, 9.17) is 14.2 Å². The molecule has 8 heteroatoms. The van der Waals surface area contributed by atoms with Gasteiger partial charge in [-0.2, -0.15) is 0 Å². The lowest BCUT2D eigenvalue weighted by Gasteiger charge is -2.37. The van der Waals surface area contributed by atoms with Crippen LogP contribution in [-0.4, -0.2) is 60.0 Å². The molecule has 1 aromatic carbocycles. The van der Waals surface area contributed by atoms with Crippen LogP contribution in [0.2, 0.25) is 0 Å². The third kappa shape index (κ3) is 3.86. The largest absolute Gasteiger partial charge is 0.497 e. The summed E-state index contributed by atoms with van der Waals surface area (Å²) in [6, 6.07) is 9.14. The molecule has 1 aromatic heterocycles. The third-order valence-corrected chi connectivity index (χ3v) is 4.87. The second kappa shape index (κ2) is 7.50. The number of nitrogens with zero attached hydrogens (tertiary/aromatic N) is 3. The normalized spacial score (nSPS) is 18.5. The zero-order chi connectivity index (χ0) is 18.7. The van der Waals surface area contributed by atoms with Crippen molar-refractivity contribution in [1.82, 2.24) is 14.9 Å². The molecule has 4 rings (SSSR count).